The Morgan fingerprint density at radius 1 is 1.09 bits per heavy atom. The molecule has 0 radical (unpaired) electrons. The topological polar surface area (TPSA) is 113 Å². The summed E-state index contributed by atoms with van der Waals surface area (Å²) in [6.45, 7) is 6.92. The van der Waals surface area contributed by atoms with Gasteiger partial charge in [0.2, 0.25) is 11.7 Å². The molecule has 0 unspecified atom stereocenters. The van der Waals surface area contributed by atoms with Gasteiger partial charge in [-0.1, -0.05) is 17.3 Å². The molecular weight excluding hydrogens is 420 g/mol. The van der Waals surface area contributed by atoms with Gasteiger partial charge >= 0.3 is 6.03 Å². The molecule has 2 aromatic heterocycles. The van der Waals surface area contributed by atoms with Gasteiger partial charge in [0, 0.05) is 42.0 Å². The Balaban J connectivity index is 1.32. The number of anilines is 1. The van der Waals surface area contributed by atoms with Gasteiger partial charge in [-0.25, -0.2) is 4.79 Å². The highest BCUT2D eigenvalue weighted by atomic mass is 16.5. The zero-order valence-electron chi connectivity index (χ0n) is 19.0. The first-order chi connectivity index (χ1) is 15.8. The third-order valence-electron chi connectivity index (χ3n) is 5.33. The van der Waals surface area contributed by atoms with Crippen LogP contribution in [0, 0.1) is 0 Å². The largest absolute Gasteiger partial charge is 0.347 e. The normalized spacial score (nSPS) is 14.7. The maximum absolute atomic E-state index is 12.8. The van der Waals surface area contributed by atoms with Crippen molar-refractivity contribution in [2.45, 2.75) is 45.1 Å². The lowest BCUT2D eigenvalue weighted by atomic mass is 9.97. The number of carbonyl (C=O) groups excluding carboxylic acids is 2. The molecule has 0 spiro atoms. The van der Waals surface area contributed by atoms with Crippen LogP contribution in [0.15, 0.2) is 53.2 Å². The van der Waals surface area contributed by atoms with Gasteiger partial charge in [0.05, 0.1) is 0 Å². The van der Waals surface area contributed by atoms with Gasteiger partial charge in [0.1, 0.15) is 5.69 Å². The van der Waals surface area contributed by atoms with E-state index in [9.17, 15) is 9.59 Å². The third kappa shape index (κ3) is 5.74. The average Bonchev–Trinajstić information content (AvgIpc) is 3.29. The number of amides is 3. The zero-order valence-corrected chi connectivity index (χ0v) is 19.0. The van der Waals surface area contributed by atoms with E-state index in [1.54, 1.807) is 35.4 Å². The molecule has 2 N–H and O–H groups in total. The van der Waals surface area contributed by atoms with Crippen molar-refractivity contribution in [3.05, 3.63) is 60.1 Å². The Bertz CT molecular complexity index is 1110. The van der Waals surface area contributed by atoms with Crippen LogP contribution < -0.4 is 10.6 Å². The summed E-state index contributed by atoms with van der Waals surface area (Å²) in [5.74, 6) is 0.974. The Labute approximate surface area is 192 Å². The van der Waals surface area contributed by atoms with Crippen LogP contribution in [0.1, 0.15) is 55.8 Å². The van der Waals surface area contributed by atoms with Crippen molar-refractivity contribution in [3.63, 3.8) is 0 Å². The van der Waals surface area contributed by atoms with Crippen LogP contribution in [0.5, 0.6) is 0 Å². The fourth-order valence-corrected chi connectivity index (χ4v) is 3.68. The van der Waals surface area contributed by atoms with Crippen molar-refractivity contribution >= 4 is 17.6 Å². The lowest BCUT2D eigenvalue weighted by Crippen LogP contribution is -2.41. The molecule has 9 heteroatoms. The van der Waals surface area contributed by atoms with Crippen molar-refractivity contribution in [2.75, 3.05) is 18.4 Å². The quantitative estimate of drug-likeness (QED) is 0.622. The SMILES string of the molecule is CC(C)(C)NC(=O)c1cccc(NC(=O)N2CCC(c3nc(-c4ccccn4)no3)CC2)c1. The molecule has 33 heavy (non-hydrogen) atoms. The van der Waals surface area contributed by atoms with Crippen LogP contribution in [-0.4, -0.2) is 50.6 Å². The van der Waals surface area contributed by atoms with Gasteiger partial charge in [-0.3, -0.25) is 9.78 Å². The van der Waals surface area contributed by atoms with Crippen molar-refractivity contribution in [2.24, 2.45) is 0 Å². The van der Waals surface area contributed by atoms with Gasteiger partial charge in [-0.15, -0.1) is 0 Å². The van der Waals surface area contributed by atoms with Gasteiger partial charge in [0.15, 0.2) is 0 Å². The zero-order chi connectivity index (χ0) is 23.4. The summed E-state index contributed by atoms with van der Waals surface area (Å²) in [7, 11) is 0. The number of benzene rings is 1. The summed E-state index contributed by atoms with van der Waals surface area (Å²) >= 11 is 0. The maximum atomic E-state index is 12.8. The lowest BCUT2D eigenvalue weighted by Gasteiger charge is -2.30. The predicted octanol–water partition coefficient (Wildman–Crippen LogP) is 4.07. The number of aromatic nitrogens is 3. The Hall–Kier alpha value is -3.75. The molecule has 1 fully saturated rings. The van der Waals surface area contributed by atoms with E-state index >= 15 is 0 Å². The monoisotopic (exact) mass is 448 g/mol. The number of nitrogens with one attached hydrogen (secondary N) is 2. The molecule has 3 amide bonds. The number of rotatable bonds is 4. The molecule has 1 aliphatic heterocycles. The van der Waals surface area contributed by atoms with Crippen molar-refractivity contribution < 1.29 is 14.1 Å². The number of urea groups is 1. The Kier molecular flexibility index (Phi) is 6.39. The number of pyridine rings is 1. The van der Waals surface area contributed by atoms with E-state index in [2.05, 4.69) is 25.8 Å². The lowest BCUT2D eigenvalue weighted by molar-refractivity contribution is 0.0919. The molecule has 0 aliphatic carbocycles. The molecule has 9 nitrogen and oxygen atoms in total. The second-order valence-corrected chi connectivity index (χ2v) is 9.15. The van der Waals surface area contributed by atoms with Gasteiger partial charge in [-0.2, -0.15) is 4.98 Å². The number of carbonyl (C=O) groups is 2. The highest BCUT2D eigenvalue weighted by molar-refractivity contribution is 5.97. The maximum Gasteiger partial charge on any atom is 0.321 e. The summed E-state index contributed by atoms with van der Waals surface area (Å²) in [6, 6.07) is 12.3. The van der Waals surface area contributed by atoms with Crippen LogP contribution in [0.3, 0.4) is 0 Å². The van der Waals surface area contributed by atoms with E-state index < -0.39 is 0 Å². The van der Waals surface area contributed by atoms with E-state index in [0.717, 1.165) is 12.8 Å². The highest BCUT2D eigenvalue weighted by Gasteiger charge is 2.28. The van der Waals surface area contributed by atoms with Crippen LogP contribution in [-0.2, 0) is 0 Å². The van der Waals surface area contributed by atoms with E-state index in [1.165, 1.54) is 0 Å². The molecule has 3 heterocycles. The van der Waals surface area contributed by atoms with Crippen LogP contribution in [0.25, 0.3) is 11.5 Å². The second-order valence-electron chi connectivity index (χ2n) is 9.15. The van der Waals surface area contributed by atoms with E-state index in [-0.39, 0.29) is 23.4 Å². The number of hydrogen-bond donors (Lipinski definition) is 2. The Morgan fingerprint density at radius 2 is 1.88 bits per heavy atom. The second kappa shape index (κ2) is 9.40. The molecule has 1 aliphatic rings. The molecule has 1 aromatic carbocycles. The first kappa shape index (κ1) is 22.4. The number of piperidine rings is 1. The first-order valence-corrected chi connectivity index (χ1v) is 11.0. The van der Waals surface area contributed by atoms with Gasteiger partial charge in [-0.05, 0) is 63.9 Å². The minimum Gasteiger partial charge on any atom is -0.347 e. The number of hydrogen-bond acceptors (Lipinski definition) is 6. The van der Waals surface area contributed by atoms with Crippen molar-refractivity contribution in [3.8, 4) is 11.5 Å². The smallest absolute Gasteiger partial charge is 0.321 e. The van der Waals surface area contributed by atoms with Crippen molar-refractivity contribution in [1.29, 1.82) is 0 Å². The summed E-state index contributed by atoms with van der Waals surface area (Å²) in [5.41, 5.74) is 1.42. The van der Waals surface area contributed by atoms with E-state index in [4.69, 9.17) is 4.52 Å². The highest BCUT2D eigenvalue weighted by Crippen LogP contribution is 2.28. The molecule has 0 atom stereocenters. The fourth-order valence-electron chi connectivity index (χ4n) is 3.68. The molecule has 4 rings (SSSR count). The minimum atomic E-state index is -0.336. The fraction of sp³-hybridized carbons (Fsp3) is 0.375. The van der Waals surface area contributed by atoms with Gasteiger partial charge < -0.3 is 20.1 Å². The van der Waals surface area contributed by atoms with Crippen LogP contribution >= 0.6 is 0 Å². The molecule has 1 saturated heterocycles. The van der Waals surface area contributed by atoms with Gasteiger partial charge in [0.25, 0.3) is 5.91 Å². The predicted molar refractivity (Wildman–Crippen MR) is 124 cm³/mol. The standard InChI is InChI=1S/C24H28N6O3/c1-24(2,3)28-21(31)17-7-6-8-18(15-17)26-23(32)30-13-10-16(11-14-30)22-27-20(29-33-22)19-9-4-5-12-25-19/h4-9,12,15-16H,10-11,13-14H2,1-3H3,(H,26,32)(H,28,31). The summed E-state index contributed by atoms with van der Waals surface area (Å²) in [6.07, 6.45) is 3.14. The summed E-state index contributed by atoms with van der Waals surface area (Å²) in [4.78, 5) is 35.7. The van der Waals surface area contributed by atoms with E-state index in [1.807, 2.05) is 39.0 Å². The molecule has 0 bridgehead atoms. The Morgan fingerprint density at radius 3 is 2.58 bits per heavy atom. The molecule has 172 valence electrons. The summed E-state index contributed by atoms with van der Waals surface area (Å²) in [5, 5.41) is 9.87. The molecule has 0 saturated carbocycles. The first-order valence-electron chi connectivity index (χ1n) is 11.0. The number of nitrogens with zero attached hydrogens (tertiary/aromatic N) is 4. The average molecular weight is 449 g/mol. The van der Waals surface area contributed by atoms with E-state index in [0.29, 0.717) is 41.7 Å². The van der Waals surface area contributed by atoms with Crippen molar-refractivity contribution in [1.82, 2.24) is 25.3 Å². The molecular formula is C24H28N6O3. The summed E-state index contributed by atoms with van der Waals surface area (Å²) < 4.78 is 5.46. The molecule has 3 aromatic rings. The van der Waals surface area contributed by atoms with Crippen LogP contribution in [0.2, 0.25) is 0 Å². The third-order valence-corrected chi connectivity index (χ3v) is 5.33. The minimum absolute atomic E-state index is 0.100. The van der Waals surface area contributed by atoms with Crippen LogP contribution in [0.4, 0.5) is 10.5 Å². The number of likely N-dealkylation sites (tertiary alicyclic amines) is 1.